The van der Waals surface area contributed by atoms with Crippen molar-refractivity contribution in [2.75, 3.05) is 6.54 Å². The van der Waals surface area contributed by atoms with E-state index < -0.39 is 0 Å². The SMILES string of the molecule is CC(N)C1CCCCN1C(=O)c1n[nH]c2ccccc12. The van der Waals surface area contributed by atoms with E-state index in [1.54, 1.807) is 0 Å². The molecular weight excluding hydrogens is 252 g/mol. The molecule has 3 N–H and O–H groups in total. The van der Waals surface area contributed by atoms with Crippen molar-refractivity contribution in [2.45, 2.75) is 38.3 Å². The molecule has 106 valence electrons. The van der Waals surface area contributed by atoms with Crippen molar-refractivity contribution in [2.24, 2.45) is 5.73 Å². The van der Waals surface area contributed by atoms with E-state index in [1.807, 2.05) is 36.1 Å². The number of para-hydroxylation sites is 1. The van der Waals surface area contributed by atoms with Crippen LogP contribution in [0.5, 0.6) is 0 Å². The molecule has 2 aromatic rings. The van der Waals surface area contributed by atoms with E-state index in [-0.39, 0.29) is 18.0 Å². The zero-order chi connectivity index (χ0) is 14.1. The highest BCUT2D eigenvalue weighted by molar-refractivity contribution is 6.04. The summed E-state index contributed by atoms with van der Waals surface area (Å²) < 4.78 is 0. The second-order valence-electron chi connectivity index (χ2n) is 5.54. The maximum atomic E-state index is 12.8. The number of nitrogens with two attached hydrogens (primary N) is 1. The van der Waals surface area contributed by atoms with Crippen LogP contribution in [0.4, 0.5) is 0 Å². The van der Waals surface area contributed by atoms with Crippen LogP contribution in [0.2, 0.25) is 0 Å². The quantitative estimate of drug-likeness (QED) is 0.876. The Bertz CT molecular complexity index is 619. The molecule has 1 aromatic carbocycles. The summed E-state index contributed by atoms with van der Waals surface area (Å²) in [5, 5.41) is 8.01. The summed E-state index contributed by atoms with van der Waals surface area (Å²) >= 11 is 0. The Morgan fingerprint density at radius 1 is 1.45 bits per heavy atom. The van der Waals surface area contributed by atoms with E-state index in [1.165, 1.54) is 0 Å². The molecule has 0 radical (unpaired) electrons. The molecule has 3 rings (SSSR count). The minimum atomic E-state index is -0.00977. The number of nitrogens with zero attached hydrogens (tertiary/aromatic N) is 2. The summed E-state index contributed by atoms with van der Waals surface area (Å²) in [6.45, 7) is 2.74. The van der Waals surface area contributed by atoms with Gasteiger partial charge in [-0.3, -0.25) is 9.89 Å². The number of benzene rings is 1. The number of hydrogen-bond acceptors (Lipinski definition) is 3. The fourth-order valence-electron chi connectivity index (χ4n) is 3.02. The van der Waals surface area contributed by atoms with Crippen molar-refractivity contribution >= 4 is 16.8 Å². The third-order valence-corrected chi connectivity index (χ3v) is 4.09. The van der Waals surface area contributed by atoms with Crippen molar-refractivity contribution in [3.63, 3.8) is 0 Å². The Morgan fingerprint density at radius 3 is 3.05 bits per heavy atom. The number of fused-ring (bicyclic) bond motifs is 1. The number of aromatic nitrogens is 2. The number of hydrogen-bond donors (Lipinski definition) is 2. The van der Waals surface area contributed by atoms with Crippen LogP contribution < -0.4 is 5.73 Å². The number of likely N-dealkylation sites (tertiary alicyclic amines) is 1. The van der Waals surface area contributed by atoms with Gasteiger partial charge in [0, 0.05) is 24.0 Å². The van der Waals surface area contributed by atoms with E-state index in [0.717, 1.165) is 36.7 Å². The number of rotatable bonds is 2. The number of nitrogens with one attached hydrogen (secondary N) is 1. The maximum absolute atomic E-state index is 12.8. The Kier molecular flexibility index (Phi) is 3.44. The van der Waals surface area contributed by atoms with E-state index in [2.05, 4.69) is 10.2 Å². The summed E-state index contributed by atoms with van der Waals surface area (Å²) in [6, 6.07) is 7.82. The van der Waals surface area contributed by atoms with Crippen molar-refractivity contribution < 1.29 is 4.79 Å². The normalized spacial score (nSPS) is 21.1. The van der Waals surface area contributed by atoms with Crippen molar-refractivity contribution in [3.05, 3.63) is 30.0 Å². The average molecular weight is 272 g/mol. The smallest absolute Gasteiger partial charge is 0.275 e. The van der Waals surface area contributed by atoms with Crippen LogP contribution in [0.15, 0.2) is 24.3 Å². The van der Waals surface area contributed by atoms with Crippen LogP contribution >= 0.6 is 0 Å². The van der Waals surface area contributed by atoms with E-state index in [9.17, 15) is 4.79 Å². The number of carbonyl (C=O) groups is 1. The first-order valence-corrected chi connectivity index (χ1v) is 7.18. The lowest BCUT2D eigenvalue weighted by Gasteiger charge is -2.37. The van der Waals surface area contributed by atoms with Gasteiger partial charge in [0.15, 0.2) is 5.69 Å². The maximum Gasteiger partial charge on any atom is 0.275 e. The highest BCUT2D eigenvalue weighted by atomic mass is 16.2. The molecule has 0 bridgehead atoms. The van der Waals surface area contributed by atoms with Gasteiger partial charge >= 0.3 is 0 Å². The van der Waals surface area contributed by atoms with Gasteiger partial charge in [-0.15, -0.1) is 0 Å². The summed E-state index contributed by atoms with van der Waals surface area (Å²) in [4.78, 5) is 14.7. The first-order valence-electron chi connectivity index (χ1n) is 7.18. The van der Waals surface area contributed by atoms with Crippen LogP contribution in [-0.4, -0.2) is 39.6 Å². The molecule has 1 saturated heterocycles. The molecule has 2 heterocycles. The van der Waals surface area contributed by atoms with Crippen LogP contribution in [0.1, 0.15) is 36.7 Å². The fourth-order valence-corrected chi connectivity index (χ4v) is 3.02. The van der Waals surface area contributed by atoms with Gasteiger partial charge in [-0.05, 0) is 32.3 Å². The average Bonchev–Trinajstić information content (AvgIpc) is 2.90. The van der Waals surface area contributed by atoms with Crippen LogP contribution in [-0.2, 0) is 0 Å². The summed E-state index contributed by atoms with van der Waals surface area (Å²) in [5.41, 5.74) is 7.44. The number of carbonyl (C=O) groups excluding carboxylic acids is 1. The zero-order valence-electron chi connectivity index (χ0n) is 11.7. The van der Waals surface area contributed by atoms with E-state index in [4.69, 9.17) is 5.73 Å². The van der Waals surface area contributed by atoms with Gasteiger partial charge in [-0.1, -0.05) is 18.2 Å². The van der Waals surface area contributed by atoms with Gasteiger partial charge in [0.25, 0.3) is 5.91 Å². The van der Waals surface area contributed by atoms with Crippen molar-refractivity contribution in [3.8, 4) is 0 Å². The standard InChI is InChI=1S/C15H20N4O/c1-10(16)13-8-4-5-9-19(13)15(20)14-11-6-2-3-7-12(11)17-18-14/h2-3,6-7,10,13H,4-5,8-9,16H2,1H3,(H,17,18). The number of piperidine rings is 1. The molecule has 0 spiro atoms. The molecular formula is C15H20N4O. The molecule has 5 heteroatoms. The van der Waals surface area contributed by atoms with Crippen LogP contribution in [0, 0.1) is 0 Å². The van der Waals surface area contributed by atoms with E-state index in [0.29, 0.717) is 5.69 Å². The molecule has 0 aliphatic carbocycles. The van der Waals surface area contributed by atoms with Gasteiger partial charge in [-0.2, -0.15) is 5.10 Å². The minimum Gasteiger partial charge on any atom is -0.333 e. The van der Waals surface area contributed by atoms with Crippen LogP contribution in [0.3, 0.4) is 0 Å². The number of aromatic amines is 1. The number of amides is 1. The minimum absolute atomic E-state index is 0.00976. The first kappa shape index (κ1) is 13.1. The molecule has 5 nitrogen and oxygen atoms in total. The van der Waals surface area contributed by atoms with Gasteiger partial charge in [0.1, 0.15) is 0 Å². The molecule has 2 atom stereocenters. The second kappa shape index (κ2) is 5.25. The van der Waals surface area contributed by atoms with Gasteiger partial charge in [-0.25, -0.2) is 0 Å². The molecule has 20 heavy (non-hydrogen) atoms. The lowest BCUT2D eigenvalue weighted by atomic mass is 9.96. The summed E-state index contributed by atoms with van der Waals surface area (Å²) in [5.74, 6) is -0.00977. The Hall–Kier alpha value is -1.88. The van der Waals surface area contributed by atoms with Gasteiger partial charge < -0.3 is 10.6 Å². The number of H-pyrrole nitrogens is 1. The molecule has 1 aliphatic heterocycles. The Balaban J connectivity index is 1.94. The lowest BCUT2D eigenvalue weighted by Crippen LogP contribution is -2.51. The van der Waals surface area contributed by atoms with Crippen molar-refractivity contribution in [1.82, 2.24) is 15.1 Å². The summed E-state index contributed by atoms with van der Waals surface area (Å²) in [7, 11) is 0. The Labute approximate surface area is 118 Å². The third kappa shape index (κ3) is 2.18. The first-order chi connectivity index (χ1) is 9.68. The lowest BCUT2D eigenvalue weighted by molar-refractivity contribution is 0.0579. The van der Waals surface area contributed by atoms with E-state index >= 15 is 0 Å². The molecule has 1 aromatic heterocycles. The highest BCUT2D eigenvalue weighted by Crippen LogP contribution is 2.23. The highest BCUT2D eigenvalue weighted by Gasteiger charge is 2.31. The zero-order valence-corrected chi connectivity index (χ0v) is 11.7. The summed E-state index contributed by atoms with van der Waals surface area (Å²) in [6.07, 6.45) is 3.15. The molecule has 0 saturated carbocycles. The topological polar surface area (TPSA) is 75.0 Å². The fraction of sp³-hybridized carbons (Fsp3) is 0.467. The molecule has 1 fully saturated rings. The third-order valence-electron chi connectivity index (χ3n) is 4.09. The molecule has 1 amide bonds. The van der Waals surface area contributed by atoms with Crippen molar-refractivity contribution in [1.29, 1.82) is 0 Å². The van der Waals surface area contributed by atoms with Gasteiger partial charge in [0.05, 0.1) is 5.52 Å². The molecule has 2 unspecified atom stereocenters. The van der Waals surface area contributed by atoms with Crippen LogP contribution in [0.25, 0.3) is 10.9 Å². The Morgan fingerprint density at radius 2 is 2.25 bits per heavy atom. The monoisotopic (exact) mass is 272 g/mol. The molecule has 1 aliphatic rings. The largest absolute Gasteiger partial charge is 0.333 e. The predicted molar refractivity (Wildman–Crippen MR) is 78.4 cm³/mol. The predicted octanol–water partition coefficient (Wildman–Crippen LogP) is 1.90. The van der Waals surface area contributed by atoms with Gasteiger partial charge in [0.2, 0.25) is 0 Å². The second-order valence-corrected chi connectivity index (χ2v) is 5.54.